The Labute approximate surface area is 206 Å². The molecule has 1 atom stereocenters. The molecule has 0 aliphatic carbocycles. The van der Waals surface area contributed by atoms with Gasteiger partial charge in [0.15, 0.2) is 0 Å². The Morgan fingerprint density at radius 1 is 1.20 bits per heavy atom. The number of halogens is 1. The number of aromatic nitrogens is 1. The van der Waals surface area contributed by atoms with Gasteiger partial charge in [-0.15, -0.1) is 0 Å². The molecule has 4 N–H and O–H groups in total. The lowest BCUT2D eigenvalue weighted by molar-refractivity contribution is -0.137. The van der Waals surface area contributed by atoms with E-state index in [0.29, 0.717) is 31.7 Å². The molecule has 0 fully saturated rings. The van der Waals surface area contributed by atoms with Gasteiger partial charge in [-0.05, 0) is 49.4 Å². The third kappa shape index (κ3) is 5.03. The van der Waals surface area contributed by atoms with Crippen molar-refractivity contribution in [2.45, 2.75) is 24.3 Å². The van der Waals surface area contributed by atoms with Crippen LogP contribution in [0.2, 0.25) is 5.02 Å². The number of benzene rings is 2. The second-order valence-electron chi connectivity index (χ2n) is 7.67. The minimum Gasteiger partial charge on any atom is -0.495 e. The van der Waals surface area contributed by atoms with E-state index in [0.717, 1.165) is 0 Å². The number of aryl methyl sites for hydroxylation is 1. The number of hydrogen-bond donors (Lipinski definition) is 3. The quantitative estimate of drug-likeness (QED) is 0.409. The van der Waals surface area contributed by atoms with Gasteiger partial charge < -0.3 is 25.5 Å². The number of primary amides is 1. The number of amides is 3. The van der Waals surface area contributed by atoms with Crippen LogP contribution in [-0.4, -0.2) is 53.5 Å². The van der Waals surface area contributed by atoms with Crippen LogP contribution in [-0.2, 0) is 21.9 Å². The van der Waals surface area contributed by atoms with Crippen molar-refractivity contribution in [1.82, 2.24) is 8.87 Å². The summed E-state index contributed by atoms with van der Waals surface area (Å²) in [6, 6.07) is 7.60. The summed E-state index contributed by atoms with van der Waals surface area (Å²) in [6.45, 7) is 1.26. The van der Waals surface area contributed by atoms with Crippen LogP contribution in [0.1, 0.15) is 23.8 Å². The average Bonchev–Trinajstić information content (AvgIpc) is 3.11. The first-order valence-electron chi connectivity index (χ1n) is 10.2. The lowest BCUT2D eigenvalue weighted by Crippen LogP contribution is -2.46. The molecule has 0 aliphatic heterocycles. The zero-order valence-corrected chi connectivity index (χ0v) is 20.6. The smallest absolute Gasteiger partial charge is 0.328 e. The van der Waals surface area contributed by atoms with Crippen LogP contribution >= 0.6 is 11.6 Å². The van der Waals surface area contributed by atoms with Crippen LogP contribution in [0.3, 0.4) is 0 Å². The zero-order valence-electron chi connectivity index (χ0n) is 19.0. The molecular formula is C22H23ClN4O7S. The third-order valence-corrected chi connectivity index (χ3v) is 7.65. The molecule has 0 radical (unpaired) electrons. The number of hydrogen-bond acceptors (Lipinski definition) is 6. The van der Waals surface area contributed by atoms with Crippen LogP contribution in [0.4, 0.5) is 10.5 Å². The van der Waals surface area contributed by atoms with E-state index < -0.39 is 40.4 Å². The molecular weight excluding hydrogens is 500 g/mol. The minimum absolute atomic E-state index is 0.284. The normalized spacial score (nSPS) is 12.2. The molecule has 35 heavy (non-hydrogen) atoms. The van der Waals surface area contributed by atoms with E-state index in [1.54, 1.807) is 29.8 Å². The molecule has 0 saturated heterocycles. The standard InChI is InChI=1S/C22H23ClN4O7S/c1-12(10-19(28)29)27(22(24)31)35(32,33)14-6-4-13(5-7-14)25-21(30)17-11-15-16(26(17)2)8-9-18(34-3)20(15)23/h4-9,11-12H,10H2,1-3H3,(H2,24,31)(H,25,30)(H,28,29). The molecule has 1 unspecified atom stereocenters. The number of rotatable bonds is 8. The Hall–Kier alpha value is -3.77. The average molecular weight is 523 g/mol. The summed E-state index contributed by atoms with van der Waals surface area (Å²) >= 11 is 6.35. The number of ether oxygens (including phenoxy) is 1. The highest BCUT2D eigenvalue weighted by Crippen LogP contribution is 2.34. The van der Waals surface area contributed by atoms with Gasteiger partial charge in [-0.1, -0.05) is 11.6 Å². The van der Waals surface area contributed by atoms with Crippen LogP contribution in [0, 0.1) is 0 Å². The lowest BCUT2D eigenvalue weighted by atomic mass is 10.2. The monoisotopic (exact) mass is 522 g/mol. The van der Waals surface area contributed by atoms with Crippen molar-refractivity contribution in [1.29, 1.82) is 0 Å². The number of carbonyl (C=O) groups excluding carboxylic acids is 2. The van der Waals surface area contributed by atoms with Crippen molar-refractivity contribution in [2.75, 3.05) is 12.4 Å². The first-order valence-corrected chi connectivity index (χ1v) is 12.0. The molecule has 13 heteroatoms. The number of anilines is 1. The molecule has 3 aromatic rings. The van der Waals surface area contributed by atoms with Crippen molar-refractivity contribution in [3.05, 3.63) is 53.2 Å². The maximum atomic E-state index is 12.9. The number of carboxylic acid groups (broad SMARTS) is 1. The number of nitrogens with two attached hydrogens (primary N) is 1. The van der Waals surface area contributed by atoms with Gasteiger partial charge in [-0.25, -0.2) is 17.5 Å². The van der Waals surface area contributed by atoms with E-state index in [1.165, 1.54) is 38.3 Å². The predicted molar refractivity (Wildman–Crippen MR) is 129 cm³/mol. The molecule has 3 rings (SSSR count). The van der Waals surface area contributed by atoms with Gasteiger partial charge in [0, 0.05) is 18.1 Å². The first kappa shape index (κ1) is 25.8. The Morgan fingerprint density at radius 2 is 1.83 bits per heavy atom. The summed E-state index contributed by atoms with van der Waals surface area (Å²) in [5.41, 5.74) is 6.51. The highest BCUT2D eigenvalue weighted by Gasteiger charge is 2.33. The van der Waals surface area contributed by atoms with Crippen LogP contribution < -0.4 is 15.8 Å². The predicted octanol–water partition coefficient (Wildman–Crippen LogP) is 3.03. The summed E-state index contributed by atoms with van der Waals surface area (Å²) in [6.07, 6.45) is -0.614. The largest absolute Gasteiger partial charge is 0.495 e. The first-order chi connectivity index (χ1) is 16.4. The molecule has 11 nitrogen and oxygen atoms in total. The molecule has 3 amide bonds. The fourth-order valence-electron chi connectivity index (χ4n) is 3.66. The van der Waals surface area contributed by atoms with E-state index >= 15 is 0 Å². The maximum absolute atomic E-state index is 12.9. The Kier molecular flexibility index (Phi) is 7.27. The van der Waals surface area contributed by atoms with Crippen LogP contribution in [0.5, 0.6) is 5.75 Å². The molecule has 1 aromatic heterocycles. The van der Waals surface area contributed by atoms with Gasteiger partial charge in [0.2, 0.25) is 0 Å². The zero-order chi connectivity index (χ0) is 26.1. The number of fused-ring (bicyclic) bond motifs is 1. The van der Waals surface area contributed by atoms with Gasteiger partial charge in [0.25, 0.3) is 15.9 Å². The van der Waals surface area contributed by atoms with Gasteiger partial charge in [-0.2, -0.15) is 0 Å². The number of urea groups is 1. The Bertz CT molecular complexity index is 1420. The highest BCUT2D eigenvalue weighted by atomic mass is 35.5. The molecule has 0 bridgehead atoms. The molecule has 0 spiro atoms. The lowest BCUT2D eigenvalue weighted by Gasteiger charge is -2.25. The van der Waals surface area contributed by atoms with Crippen molar-refractivity contribution >= 4 is 56.1 Å². The Morgan fingerprint density at radius 3 is 2.37 bits per heavy atom. The number of sulfonamides is 1. The van der Waals surface area contributed by atoms with Crippen molar-refractivity contribution in [3.63, 3.8) is 0 Å². The van der Waals surface area contributed by atoms with Crippen molar-refractivity contribution in [3.8, 4) is 5.75 Å². The summed E-state index contributed by atoms with van der Waals surface area (Å²) in [7, 11) is -1.24. The minimum atomic E-state index is -4.43. The summed E-state index contributed by atoms with van der Waals surface area (Å²) in [4.78, 5) is 35.3. The van der Waals surface area contributed by atoms with E-state index in [-0.39, 0.29) is 10.6 Å². The maximum Gasteiger partial charge on any atom is 0.328 e. The second-order valence-corrected chi connectivity index (χ2v) is 9.86. The molecule has 2 aromatic carbocycles. The number of aliphatic carboxylic acids is 1. The number of carboxylic acids is 1. The number of carbonyl (C=O) groups is 3. The molecule has 0 saturated carbocycles. The van der Waals surface area contributed by atoms with E-state index in [2.05, 4.69) is 5.32 Å². The van der Waals surface area contributed by atoms with Gasteiger partial charge in [0.05, 0.1) is 35.0 Å². The SMILES string of the molecule is COc1ccc2c(cc(C(=O)Nc3ccc(S(=O)(=O)N(C(N)=O)C(C)CC(=O)O)cc3)n2C)c1Cl. The summed E-state index contributed by atoms with van der Waals surface area (Å²) < 4.78 is 33.0. The van der Waals surface area contributed by atoms with E-state index in [9.17, 15) is 22.8 Å². The van der Waals surface area contributed by atoms with Crippen LogP contribution in [0.25, 0.3) is 10.9 Å². The molecule has 0 aliphatic rings. The molecule has 1 heterocycles. The molecule has 186 valence electrons. The van der Waals surface area contributed by atoms with Gasteiger partial charge >= 0.3 is 12.0 Å². The van der Waals surface area contributed by atoms with E-state index in [4.69, 9.17) is 27.2 Å². The number of nitrogens with zero attached hydrogens (tertiary/aromatic N) is 2. The van der Waals surface area contributed by atoms with Gasteiger partial charge in [0.1, 0.15) is 11.4 Å². The van der Waals surface area contributed by atoms with Crippen LogP contribution in [0.15, 0.2) is 47.4 Å². The summed E-state index contributed by atoms with van der Waals surface area (Å²) in [5.74, 6) is -1.29. The summed E-state index contributed by atoms with van der Waals surface area (Å²) in [5, 5.41) is 12.6. The third-order valence-electron chi connectivity index (χ3n) is 5.33. The fraction of sp³-hybridized carbons (Fsp3) is 0.227. The number of nitrogens with one attached hydrogen (secondary N) is 1. The van der Waals surface area contributed by atoms with Crippen molar-refractivity contribution < 1.29 is 32.6 Å². The highest BCUT2D eigenvalue weighted by molar-refractivity contribution is 7.89. The number of methoxy groups -OCH3 is 1. The topological polar surface area (TPSA) is 161 Å². The van der Waals surface area contributed by atoms with Crippen molar-refractivity contribution in [2.24, 2.45) is 12.8 Å². The van der Waals surface area contributed by atoms with Gasteiger partial charge in [-0.3, -0.25) is 9.59 Å². The second kappa shape index (κ2) is 9.84. The fourth-order valence-corrected chi connectivity index (χ4v) is 5.44. The van der Waals surface area contributed by atoms with E-state index in [1.807, 2.05) is 0 Å². The Balaban J connectivity index is 1.86.